The minimum absolute atomic E-state index is 0.306. The fourth-order valence-corrected chi connectivity index (χ4v) is 3.31. The Bertz CT molecular complexity index is 198. The van der Waals surface area contributed by atoms with E-state index < -0.39 is 0 Å². The maximum Gasteiger partial charge on any atom is 0.0682 e. The molecule has 0 aromatic rings. The SMILES string of the molecule is CC(C)(C)C1CCC2(CCCCO2)CC1. The molecule has 0 aromatic carbocycles. The fourth-order valence-electron chi connectivity index (χ4n) is 3.31. The molecule has 2 rings (SSSR count). The average molecular weight is 210 g/mol. The van der Waals surface area contributed by atoms with Crippen LogP contribution in [0.1, 0.15) is 65.7 Å². The molecule has 1 spiro atoms. The average Bonchev–Trinajstić information content (AvgIpc) is 2.18. The molecule has 1 aliphatic heterocycles. The molecule has 0 bridgehead atoms. The van der Waals surface area contributed by atoms with Gasteiger partial charge in [0.05, 0.1) is 5.60 Å². The molecule has 1 aliphatic carbocycles. The van der Waals surface area contributed by atoms with Crippen LogP contribution in [0.5, 0.6) is 0 Å². The lowest BCUT2D eigenvalue weighted by Gasteiger charge is -2.45. The van der Waals surface area contributed by atoms with Crippen molar-refractivity contribution < 1.29 is 4.74 Å². The first-order valence-electron chi connectivity index (χ1n) is 6.66. The van der Waals surface area contributed by atoms with E-state index in [-0.39, 0.29) is 0 Å². The van der Waals surface area contributed by atoms with Gasteiger partial charge in [-0.25, -0.2) is 0 Å². The van der Waals surface area contributed by atoms with Gasteiger partial charge in [-0.2, -0.15) is 0 Å². The summed E-state index contributed by atoms with van der Waals surface area (Å²) >= 11 is 0. The molecule has 88 valence electrons. The Kier molecular flexibility index (Phi) is 3.12. The second-order valence-electron chi connectivity index (χ2n) is 6.63. The van der Waals surface area contributed by atoms with Crippen molar-refractivity contribution in [1.82, 2.24) is 0 Å². The first kappa shape index (κ1) is 11.4. The standard InChI is InChI=1S/C14H26O/c1-13(2,3)12-6-9-14(10-7-12)8-4-5-11-15-14/h12H,4-11H2,1-3H3. The Hall–Kier alpha value is -0.0400. The minimum atomic E-state index is 0.306. The van der Waals surface area contributed by atoms with Gasteiger partial charge in [0.2, 0.25) is 0 Å². The van der Waals surface area contributed by atoms with Gasteiger partial charge >= 0.3 is 0 Å². The van der Waals surface area contributed by atoms with Gasteiger partial charge in [-0.1, -0.05) is 20.8 Å². The van der Waals surface area contributed by atoms with Gasteiger partial charge in [0.25, 0.3) is 0 Å². The van der Waals surface area contributed by atoms with Gasteiger partial charge < -0.3 is 4.74 Å². The highest BCUT2D eigenvalue weighted by Crippen LogP contribution is 2.45. The molecule has 1 heteroatoms. The van der Waals surface area contributed by atoms with E-state index in [1.54, 1.807) is 0 Å². The van der Waals surface area contributed by atoms with Crippen LogP contribution in [-0.2, 0) is 4.74 Å². The van der Waals surface area contributed by atoms with Crippen molar-refractivity contribution in [2.24, 2.45) is 11.3 Å². The Morgan fingerprint density at radius 1 is 1.00 bits per heavy atom. The van der Waals surface area contributed by atoms with Gasteiger partial charge in [0, 0.05) is 6.61 Å². The predicted molar refractivity (Wildman–Crippen MR) is 63.9 cm³/mol. The van der Waals surface area contributed by atoms with Crippen LogP contribution in [0.2, 0.25) is 0 Å². The van der Waals surface area contributed by atoms with E-state index in [0.717, 1.165) is 12.5 Å². The molecular formula is C14H26O. The summed E-state index contributed by atoms with van der Waals surface area (Å²) in [5, 5.41) is 0. The van der Waals surface area contributed by atoms with Crippen molar-refractivity contribution in [2.75, 3.05) is 6.61 Å². The summed E-state index contributed by atoms with van der Waals surface area (Å²) in [4.78, 5) is 0. The first-order valence-corrected chi connectivity index (χ1v) is 6.66. The molecular weight excluding hydrogens is 184 g/mol. The van der Waals surface area contributed by atoms with E-state index in [2.05, 4.69) is 20.8 Å². The summed E-state index contributed by atoms with van der Waals surface area (Å²) in [7, 11) is 0. The summed E-state index contributed by atoms with van der Waals surface area (Å²) in [5.74, 6) is 0.911. The maximum absolute atomic E-state index is 6.07. The van der Waals surface area contributed by atoms with Crippen molar-refractivity contribution in [3.63, 3.8) is 0 Å². The fraction of sp³-hybridized carbons (Fsp3) is 1.00. The summed E-state index contributed by atoms with van der Waals surface area (Å²) in [6, 6.07) is 0. The number of rotatable bonds is 0. The van der Waals surface area contributed by atoms with Crippen molar-refractivity contribution in [1.29, 1.82) is 0 Å². The lowest BCUT2D eigenvalue weighted by Crippen LogP contribution is -2.41. The van der Waals surface area contributed by atoms with Crippen LogP contribution in [0.15, 0.2) is 0 Å². The zero-order chi connectivity index (χ0) is 10.9. The third-order valence-corrected chi connectivity index (χ3v) is 4.56. The Labute approximate surface area is 94.6 Å². The highest BCUT2D eigenvalue weighted by atomic mass is 16.5. The summed E-state index contributed by atoms with van der Waals surface area (Å²) in [5.41, 5.74) is 0.802. The van der Waals surface area contributed by atoms with E-state index in [9.17, 15) is 0 Å². The number of ether oxygens (including phenoxy) is 1. The molecule has 1 heterocycles. The highest BCUT2D eigenvalue weighted by molar-refractivity contribution is 4.91. The summed E-state index contributed by atoms with van der Waals surface area (Å²) < 4.78 is 6.07. The van der Waals surface area contributed by atoms with Crippen LogP contribution in [0.4, 0.5) is 0 Å². The molecule has 1 saturated carbocycles. The van der Waals surface area contributed by atoms with Crippen LogP contribution >= 0.6 is 0 Å². The van der Waals surface area contributed by atoms with Crippen molar-refractivity contribution in [3.05, 3.63) is 0 Å². The van der Waals surface area contributed by atoms with E-state index in [4.69, 9.17) is 4.74 Å². The van der Waals surface area contributed by atoms with Crippen LogP contribution < -0.4 is 0 Å². The number of hydrogen-bond acceptors (Lipinski definition) is 1. The van der Waals surface area contributed by atoms with Gasteiger partial charge in [0.15, 0.2) is 0 Å². The Morgan fingerprint density at radius 3 is 2.13 bits per heavy atom. The number of hydrogen-bond donors (Lipinski definition) is 0. The van der Waals surface area contributed by atoms with Gasteiger partial charge in [-0.05, 0) is 56.3 Å². The monoisotopic (exact) mass is 210 g/mol. The molecule has 0 N–H and O–H groups in total. The predicted octanol–water partition coefficient (Wildman–Crippen LogP) is 4.16. The molecule has 2 aliphatic rings. The largest absolute Gasteiger partial charge is 0.375 e. The molecule has 2 fully saturated rings. The molecule has 0 radical (unpaired) electrons. The van der Waals surface area contributed by atoms with Crippen LogP contribution in [0, 0.1) is 11.3 Å². The smallest absolute Gasteiger partial charge is 0.0682 e. The molecule has 15 heavy (non-hydrogen) atoms. The highest BCUT2D eigenvalue weighted by Gasteiger charge is 2.40. The van der Waals surface area contributed by atoms with E-state index in [1.807, 2.05) is 0 Å². The van der Waals surface area contributed by atoms with Crippen LogP contribution in [0.25, 0.3) is 0 Å². The maximum atomic E-state index is 6.07. The second-order valence-corrected chi connectivity index (χ2v) is 6.63. The lowest BCUT2D eigenvalue weighted by molar-refractivity contribution is -0.113. The Morgan fingerprint density at radius 2 is 1.67 bits per heavy atom. The molecule has 0 aromatic heterocycles. The van der Waals surface area contributed by atoms with E-state index in [0.29, 0.717) is 11.0 Å². The molecule has 0 atom stereocenters. The topological polar surface area (TPSA) is 9.23 Å². The molecule has 1 nitrogen and oxygen atoms in total. The minimum Gasteiger partial charge on any atom is -0.375 e. The third kappa shape index (κ3) is 2.55. The van der Waals surface area contributed by atoms with E-state index in [1.165, 1.54) is 44.9 Å². The summed E-state index contributed by atoms with van der Waals surface area (Å²) in [6.07, 6.45) is 9.38. The Balaban J connectivity index is 1.91. The van der Waals surface area contributed by atoms with Gasteiger partial charge in [-0.15, -0.1) is 0 Å². The van der Waals surface area contributed by atoms with Crippen molar-refractivity contribution >= 4 is 0 Å². The van der Waals surface area contributed by atoms with Crippen LogP contribution in [0.3, 0.4) is 0 Å². The molecule has 1 saturated heterocycles. The lowest BCUT2D eigenvalue weighted by atomic mass is 9.67. The van der Waals surface area contributed by atoms with Crippen molar-refractivity contribution in [3.8, 4) is 0 Å². The quantitative estimate of drug-likeness (QED) is 0.583. The summed E-state index contributed by atoms with van der Waals surface area (Å²) in [6.45, 7) is 8.17. The second kappa shape index (κ2) is 4.08. The first-order chi connectivity index (χ1) is 7.02. The van der Waals surface area contributed by atoms with Crippen molar-refractivity contribution in [2.45, 2.75) is 71.3 Å². The zero-order valence-electron chi connectivity index (χ0n) is 10.6. The molecule has 0 unspecified atom stereocenters. The van der Waals surface area contributed by atoms with E-state index >= 15 is 0 Å². The van der Waals surface area contributed by atoms with Gasteiger partial charge in [0.1, 0.15) is 0 Å². The zero-order valence-corrected chi connectivity index (χ0v) is 10.6. The molecule has 0 amide bonds. The normalized spacial score (nSPS) is 38.2. The van der Waals surface area contributed by atoms with Gasteiger partial charge in [-0.3, -0.25) is 0 Å². The third-order valence-electron chi connectivity index (χ3n) is 4.56. The van der Waals surface area contributed by atoms with Crippen LogP contribution in [-0.4, -0.2) is 12.2 Å².